The average molecular weight is 943 g/mol. The summed E-state index contributed by atoms with van der Waals surface area (Å²) in [5, 5.41) is 120. The van der Waals surface area contributed by atoms with Gasteiger partial charge in [-0.2, -0.15) is 0 Å². The Morgan fingerprint density at radius 2 is 1.30 bits per heavy atom. The summed E-state index contributed by atoms with van der Waals surface area (Å²) in [6.45, 7) is 16.3. The number of carbonyl (C=O) groups is 1. The van der Waals surface area contributed by atoms with Gasteiger partial charge in [-0.25, -0.2) is 4.79 Å². The van der Waals surface area contributed by atoms with Crippen LogP contribution < -0.4 is 0 Å². The molecule has 3 aliphatic heterocycles. The predicted octanol–water partition coefficient (Wildman–Crippen LogP) is 0.705. The molecule has 4 saturated carbocycles. The minimum absolute atomic E-state index is 0.105. The third kappa shape index (κ3) is 7.78. The van der Waals surface area contributed by atoms with Crippen LogP contribution in [0.2, 0.25) is 0 Å². The van der Waals surface area contributed by atoms with E-state index < -0.39 is 122 Å². The molecule has 0 aromatic heterocycles. The normalized spacial score (nSPS) is 55.9. The van der Waals surface area contributed by atoms with E-state index >= 15 is 0 Å². The van der Waals surface area contributed by atoms with Crippen LogP contribution >= 0.6 is 0 Å². The standard InChI is InChI=1S/C48H78O18/c1-21-29(52)31(54)35(58)40(61-21)65-37-32(55)30(53)24(19-49)62-41(37)66-38-34(57)33(56)36(39(59)60)64-42(38)63-28-12-13-45(5)25(46(28,6)20-50)11-14-47(7)26(45)10-9-22-23-17-43(2,3)15-16-44(23,4)27(51)18-48(22,47)8/h9,21,23-38,40-42,49-58H,10-20H2,1-8H3,(H,59,60)/t21-,23-,24+,25+,26+,27-,28-,29-,30-,31+,32-,33-,34-,35+,36-,37+,38+,40-,41-,42+,44-,45-,46+,47+,48+/m0/s1. The highest BCUT2D eigenvalue weighted by Crippen LogP contribution is 2.76. The molecule has 378 valence electrons. The summed E-state index contributed by atoms with van der Waals surface area (Å²) < 4.78 is 36.2. The van der Waals surface area contributed by atoms with Gasteiger partial charge in [0.15, 0.2) is 25.0 Å². The first kappa shape index (κ1) is 50.9. The molecule has 5 aliphatic carbocycles. The van der Waals surface area contributed by atoms with Crippen molar-refractivity contribution in [3.63, 3.8) is 0 Å². The lowest BCUT2D eigenvalue weighted by molar-refractivity contribution is -0.396. The third-order valence-electron chi connectivity index (χ3n) is 19.5. The summed E-state index contributed by atoms with van der Waals surface area (Å²) in [5.41, 5.74) is -0.196. The van der Waals surface area contributed by atoms with E-state index in [1.54, 1.807) is 0 Å². The molecule has 66 heavy (non-hydrogen) atoms. The van der Waals surface area contributed by atoms with Crippen molar-refractivity contribution in [3.05, 3.63) is 11.6 Å². The molecule has 0 radical (unpaired) electrons. The zero-order chi connectivity index (χ0) is 48.4. The Kier molecular flexibility index (Phi) is 13.7. The number of carboxylic acid groups (broad SMARTS) is 1. The van der Waals surface area contributed by atoms with Gasteiger partial charge in [0.1, 0.15) is 61.0 Å². The van der Waals surface area contributed by atoms with E-state index in [9.17, 15) is 61.0 Å². The number of hydrogen-bond donors (Lipinski definition) is 11. The van der Waals surface area contributed by atoms with E-state index in [0.717, 1.165) is 38.5 Å². The molecule has 8 aliphatic rings. The van der Waals surface area contributed by atoms with Crippen molar-refractivity contribution < 1.29 is 89.4 Å². The van der Waals surface area contributed by atoms with Crippen molar-refractivity contribution in [2.24, 2.45) is 50.2 Å². The van der Waals surface area contributed by atoms with Gasteiger partial charge in [-0.1, -0.05) is 60.1 Å². The minimum atomic E-state index is -2.07. The summed E-state index contributed by atoms with van der Waals surface area (Å²) in [4.78, 5) is 12.5. The molecule has 3 heterocycles. The summed E-state index contributed by atoms with van der Waals surface area (Å²) >= 11 is 0. The third-order valence-corrected chi connectivity index (χ3v) is 19.5. The van der Waals surface area contributed by atoms with E-state index in [2.05, 4.69) is 47.6 Å². The fraction of sp³-hybridized carbons (Fsp3) is 0.938. The molecule has 18 nitrogen and oxygen atoms in total. The van der Waals surface area contributed by atoms with Gasteiger partial charge in [-0.05, 0) is 104 Å². The quantitative estimate of drug-likeness (QED) is 0.112. The number of ether oxygens (including phenoxy) is 6. The van der Waals surface area contributed by atoms with Crippen LogP contribution in [-0.4, -0.2) is 180 Å². The highest BCUT2D eigenvalue weighted by molar-refractivity contribution is 5.73. The maximum atomic E-state index is 12.5. The van der Waals surface area contributed by atoms with Gasteiger partial charge in [0.2, 0.25) is 0 Å². The Labute approximate surface area is 387 Å². The predicted molar refractivity (Wildman–Crippen MR) is 231 cm³/mol. The Balaban J connectivity index is 1.08. The van der Waals surface area contributed by atoms with Gasteiger partial charge in [-0.15, -0.1) is 0 Å². The van der Waals surface area contributed by atoms with Gasteiger partial charge >= 0.3 is 5.97 Å². The molecule has 3 saturated heterocycles. The van der Waals surface area contributed by atoms with E-state index in [-0.39, 0.29) is 51.4 Å². The summed E-state index contributed by atoms with van der Waals surface area (Å²) in [5.74, 6) is -1.24. The lowest BCUT2D eigenvalue weighted by atomic mass is 9.33. The average Bonchev–Trinajstić information content (AvgIpc) is 3.25. The first-order valence-electron chi connectivity index (χ1n) is 24.3. The largest absolute Gasteiger partial charge is 0.479 e. The molecule has 0 amide bonds. The molecule has 11 N–H and O–H groups in total. The number of fused-ring (bicyclic) bond motifs is 7. The number of aliphatic hydroxyl groups excluding tert-OH is 10. The molecule has 7 fully saturated rings. The minimum Gasteiger partial charge on any atom is -0.479 e. The van der Waals surface area contributed by atoms with Gasteiger partial charge < -0.3 is 84.6 Å². The van der Waals surface area contributed by atoms with E-state index in [4.69, 9.17) is 28.4 Å². The summed E-state index contributed by atoms with van der Waals surface area (Å²) in [6, 6.07) is 0. The van der Waals surface area contributed by atoms with Crippen molar-refractivity contribution >= 4 is 5.97 Å². The second-order valence-corrected chi connectivity index (χ2v) is 23.6. The lowest BCUT2D eigenvalue weighted by Crippen LogP contribution is -2.68. The maximum Gasteiger partial charge on any atom is 0.335 e. The van der Waals surface area contributed by atoms with E-state index in [1.807, 2.05) is 6.92 Å². The molecule has 18 heteroatoms. The van der Waals surface area contributed by atoms with Crippen LogP contribution in [0.25, 0.3) is 0 Å². The molecule has 0 aromatic carbocycles. The van der Waals surface area contributed by atoms with E-state index in [0.29, 0.717) is 19.3 Å². The van der Waals surface area contributed by atoms with Crippen LogP contribution in [0, 0.1) is 50.2 Å². The van der Waals surface area contributed by atoms with Crippen LogP contribution in [0.3, 0.4) is 0 Å². The summed E-state index contributed by atoms with van der Waals surface area (Å²) in [7, 11) is 0. The van der Waals surface area contributed by atoms with Gasteiger partial charge in [-0.3, -0.25) is 0 Å². The maximum absolute atomic E-state index is 12.5. The molecule has 0 aromatic rings. The zero-order valence-electron chi connectivity index (χ0n) is 39.7. The Hall–Kier alpha value is -1.43. The van der Waals surface area contributed by atoms with Crippen molar-refractivity contribution in [3.8, 4) is 0 Å². The van der Waals surface area contributed by atoms with Gasteiger partial charge in [0, 0.05) is 10.8 Å². The molecular weight excluding hydrogens is 865 g/mol. The monoisotopic (exact) mass is 943 g/mol. The number of carboxylic acids is 1. The molecule has 0 bridgehead atoms. The molecule has 8 rings (SSSR count). The molecule has 0 spiro atoms. The second kappa shape index (κ2) is 17.7. The topological polar surface area (TPSA) is 295 Å². The number of hydrogen-bond acceptors (Lipinski definition) is 17. The van der Waals surface area contributed by atoms with Gasteiger partial charge in [0.25, 0.3) is 0 Å². The second-order valence-electron chi connectivity index (χ2n) is 23.6. The van der Waals surface area contributed by atoms with Crippen LogP contribution in [0.1, 0.15) is 113 Å². The fourth-order valence-electron chi connectivity index (χ4n) is 15.0. The first-order chi connectivity index (χ1) is 30.7. The van der Waals surface area contributed by atoms with Crippen molar-refractivity contribution in [2.75, 3.05) is 13.2 Å². The van der Waals surface area contributed by atoms with Crippen LogP contribution in [0.15, 0.2) is 11.6 Å². The van der Waals surface area contributed by atoms with Crippen LogP contribution in [-0.2, 0) is 33.2 Å². The van der Waals surface area contributed by atoms with Gasteiger partial charge in [0.05, 0.1) is 31.5 Å². The van der Waals surface area contributed by atoms with Crippen molar-refractivity contribution in [1.82, 2.24) is 0 Å². The lowest BCUT2D eigenvalue weighted by Gasteiger charge is -2.72. The number of aliphatic carboxylic acids is 1. The smallest absolute Gasteiger partial charge is 0.335 e. The number of allylic oxidation sites excluding steroid dienone is 2. The van der Waals surface area contributed by atoms with Crippen molar-refractivity contribution in [1.29, 1.82) is 0 Å². The highest BCUT2D eigenvalue weighted by Gasteiger charge is 2.70. The SMILES string of the molecule is C[C@@H]1O[C@@H](O[C@H]2[C@H](O[C@H]3[C@H](O[C@H]4CC[C@@]5(C)[C@@H](CC[C@]6(C)[C@@H]5CC=C5[C@@H]7CC(C)(C)CC[C@]7(C)[C@@H](O)C[C@]56C)[C@@]4(C)CO)O[C@H](C(=O)O)[C@@H](O)[C@@H]3O)O[C@H](CO)[C@H](O)[C@@H]2O)[C@H](O)[C@H](O)[C@H]1O. The molecule has 25 atom stereocenters. The van der Waals surface area contributed by atoms with Crippen LogP contribution in [0.4, 0.5) is 0 Å². The Morgan fingerprint density at radius 1 is 0.667 bits per heavy atom. The fourth-order valence-corrected chi connectivity index (χ4v) is 15.0. The van der Waals surface area contributed by atoms with E-state index in [1.165, 1.54) is 12.5 Å². The Morgan fingerprint density at radius 3 is 1.94 bits per heavy atom. The van der Waals surface area contributed by atoms with Crippen LogP contribution in [0.5, 0.6) is 0 Å². The first-order valence-corrected chi connectivity index (χ1v) is 24.3. The molecule has 0 unspecified atom stereocenters. The highest BCUT2D eigenvalue weighted by atomic mass is 16.8. The Bertz CT molecular complexity index is 1820. The molecular formula is C48H78O18. The summed E-state index contributed by atoms with van der Waals surface area (Å²) in [6.07, 6.45) is -17.8. The van der Waals surface area contributed by atoms with Crippen molar-refractivity contribution in [2.45, 2.75) is 218 Å². The number of aliphatic hydroxyl groups is 10. The number of rotatable bonds is 9. The zero-order valence-corrected chi connectivity index (χ0v) is 39.7.